The monoisotopic (exact) mass is 263 g/mol. The molecule has 0 spiro atoms. The maximum absolute atomic E-state index is 2.32. The highest BCUT2D eigenvalue weighted by Gasteiger charge is 2.39. The van der Waals surface area contributed by atoms with Gasteiger partial charge >= 0.3 is 0 Å². The van der Waals surface area contributed by atoms with E-state index in [9.17, 15) is 0 Å². The molecule has 1 heterocycles. The fourth-order valence-corrected chi connectivity index (χ4v) is 3.38. The van der Waals surface area contributed by atoms with E-state index >= 15 is 0 Å². The second-order valence-electron chi connectivity index (χ2n) is 5.94. The van der Waals surface area contributed by atoms with Gasteiger partial charge < -0.3 is 4.90 Å². The van der Waals surface area contributed by atoms with E-state index in [0.29, 0.717) is 0 Å². The number of hydrogen-bond acceptors (Lipinski definition) is 1. The molecule has 0 amide bonds. The molecule has 102 valence electrons. The Morgan fingerprint density at radius 3 is 2.55 bits per heavy atom. The number of fused-ring (bicyclic) bond motifs is 3. The quantitative estimate of drug-likeness (QED) is 0.697. The predicted octanol–water partition coefficient (Wildman–Crippen LogP) is 5.03. The molecular weight excluding hydrogens is 242 g/mol. The topological polar surface area (TPSA) is 3.24 Å². The van der Waals surface area contributed by atoms with Gasteiger partial charge in [0.25, 0.3) is 0 Å². The number of hydrogen-bond donors (Lipinski definition) is 0. The third-order valence-electron chi connectivity index (χ3n) is 4.34. The summed E-state index contributed by atoms with van der Waals surface area (Å²) in [6.07, 6.45) is 6.44. The number of benzene rings is 2. The summed E-state index contributed by atoms with van der Waals surface area (Å²) in [5, 5.41) is 2.69. The molecule has 0 fully saturated rings. The van der Waals surface area contributed by atoms with Crippen LogP contribution in [0.4, 0.5) is 5.69 Å². The summed E-state index contributed by atoms with van der Waals surface area (Å²) < 4.78 is 0. The minimum Gasteiger partial charge on any atom is -0.347 e. The number of nitrogens with zero attached hydrogens (tertiary/aromatic N) is 1. The van der Waals surface area contributed by atoms with Gasteiger partial charge in [0.15, 0.2) is 0 Å². The molecule has 0 saturated carbocycles. The van der Waals surface area contributed by atoms with Crippen LogP contribution in [0.25, 0.3) is 10.8 Å². The molecule has 2 aromatic rings. The first-order chi connectivity index (χ1) is 9.57. The van der Waals surface area contributed by atoms with E-state index in [-0.39, 0.29) is 5.41 Å². The first-order valence-electron chi connectivity index (χ1n) is 7.17. The van der Waals surface area contributed by atoms with Crippen molar-refractivity contribution in [3.8, 4) is 0 Å². The normalized spacial score (nSPS) is 19.2. The molecule has 0 saturated heterocycles. The average Bonchev–Trinajstić information content (AvgIpc) is 2.64. The van der Waals surface area contributed by atoms with Gasteiger partial charge in [0.2, 0.25) is 0 Å². The van der Waals surface area contributed by atoms with Crippen molar-refractivity contribution in [3.05, 3.63) is 65.9 Å². The van der Waals surface area contributed by atoms with Crippen LogP contribution in [0.5, 0.6) is 0 Å². The molecule has 1 aliphatic heterocycles. The first-order valence-corrected chi connectivity index (χ1v) is 7.17. The lowest BCUT2D eigenvalue weighted by Gasteiger charge is -2.24. The minimum absolute atomic E-state index is 0.0322. The lowest BCUT2D eigenvalue weighted by Crippen LogP contribution is -2.22. The van der Waals surface area contributed by atoms with Crippen molar-refractivity contribution in [1.82, 2.24) is 0 Å². The molecule has 0 bridgehead atoms. The second-order valence-corrected chi connectivity index (χ2v) is 5.94. The summed E-state index contributed by atoms with van der Waals surface area (Å²) in [5.41, 5.74) is 4.14. The smallest absolute Gasteiger partial charge is 0.0454 e. The fraction of sp³-hybridized carbons (Fsp3) is 0.263. The molecule has 0 aromatic heterocycles. The van der Waals surface area contributed by atoms with Crippen LogP contribution < -0.4 is 4.90 Å². The van der Waals surface area contributed by atoms with Crippen molar-refractivity contribution in [3.63, 3.8) is 0 Å². The maximum atomic E-state index is 2.32. The highest BCUT2D eigenvalue weighted by Crippen LogP contribution is 2.49. The molecule has 1 heteroatoms. The van der Waals surface area contributed by atoms with Crippen molar-refractivity contribution < 1.29 is 0 Å². The highest BCUT2D eigenvalue weighted by molar-refractivity contribution is 5.94. The van der Waals surface area contributed by atoms with E-state index in [2.05, 4.69) is 87.3 Å². The Labute approximate surface area is 121 Å². The second kappa shape index (κ2) is 4.52. The molecule has 0 atom stereocenters. The van der Waals surface area contributed by atoms with Gasteiger partial charge in [-0.15, -0.1) is 0 Å². The van der Waals surface area contributed by atoms with Gasteiger partial charge in [0.1, 0.15) is 0 Å². The zero-order chi connectivity index (χ0) is 14.3. The van der Waals surface area contributed by atoms with Crippen LogP contribution in [0.2, 0.25) is 0 Å². The van der Waals surface area contributed by atoms with Crippen LogP contribution in [0.15, 0.2) is 60.3 Å². The summed E-state index contributed by atoms with van der Waals surface area (Å²) >= 11 is 0. The summed E-state index contributed by atoms with van der Waals surface area (Å²) in [4.78, 5) is 2.32. The number of allylic oxidation sites excluding steroid dienone is 4. The van der Waals surface area contributed by atoms with Gasteiger partial charge in [-0.1, -0.05) is 56.3 Å². The van der Waals surface area contributed by atoms with E-state index in [0.717, 1.165) is 0 Å². The van der Waals surface area contributed by atoms with Crippen molar-refractivity contribution in [1.29, 1.82) is 0 Å². The van der Waals surface area contributed by atoms with E-state index in [1.165, 1.54) is 27.7 Å². The summed E-state index contributed by atoms with van der Waals surface area (Å²) in [5.74, 6) is 0. The first kappa shape index (κ1) is 13.0. The molecule has 3 rings (SSSR count). The predicted molar refractivity (Wildman–Crippen MR) is 88.3 cm³/mol. The van der Waals surface area contributed by atoms with Gasteiger partial charge in [-0.2, -0.15) is 0 Å². The van der Waals surface area contributed by atoms with Gasteiger partial charge in [0, 0.05) is 23.8 Å². The molecule has 0 N–H and O–H groups in total. The molecule has 1 aliphatic rings. The average molecular weight is 263 g/mol. The van der Waals surface area contributed by atoms with E-state index in [1.54, 1.807) is 0 Å². The van der Waals surface area contributed by atoms with Gasteiger partial charge in [0.05, 0.1) is 0 Å². The third-order valence-corrected chi connectivity index (χ3v) is 4.34. The SMILES string of the molecule is CC=CC=C1N(C)c2ccc3ccccc3c2C1(C)C. The van der Waals surface area contributed by atoms with E-state index < -0.39 is 0 Å². The summed E-state index contributed by atoms with van der Waals surface area (Å²) in [7, 11) is 2.16. The highest BCUT2D eigenvalue weighted by atomic mass is 15.2. The van der Waals surface area contributed by atoms with Crippen molar-refractivity contribution in [2.75, 3.05) is 11.9 Å². The Hall–Kier alpha value is -2.02. The largest absolute Gasteiger partial charge is 0.347 e. The van der Waals surface area contributed by atoms with Crippen LogP contribution in [-0.2, 0) is 5.41 Å². The van der Waals surface area contributed by atoms with E-state index in [1.807, 2.05) is 0 Å². The lowest BCUT2D eigenvalue weighted by atomic mass is 9.81. The Morgan fingerprint density at radius 1 is 1.05 bits per heavy atom. The van der Waals surface area contributed by atoms with E-state index in [4.69, 9.17) is 0 Å². The molecule has 2 aromatic carbocycles. The Bertz CT molecular complexity index is 720. The van der Waals surface area contributed by atoms with Crippen molar-refractivity contribution in [2.24, 2.45) is 0 Å². The van der Waals surface area contributed by atoms with Crippen molar-refractivity contribution in [2.45, 2.75) is 26.2 Å². The minimum atomic E-state index is 0.0322. The lowest BCUT2D eigenvalue weighted by molar-refractivity contribution is 0.645. The van der Waals surface area contributed by atoms with Crippen LogP contribution in [0.3, 0.4) is 0 Å². The zero-order valence-electron chi connectivity index (χ0n) is 12.6. The number of rotatable bonds is 1. The Morgan fingerprint density at radius 2 is 1.80 bits per heavy atom. The summed E-state index contributed by atoms with van der Waals surface area (Å²) in [6, 6.07) is 13.1. The standard InChI is InChI=1S/C19H21N/c1-5-6-11-17-19(2,3)18-15-10-8-7-9-14(15)12-13-16(18)20(17)4/h5-13H,1-4H3. The molecular formula is C19H21N. The van der Waals surface area contributed by atoms with Crippen LogP contribution >= 0.6 is 0 Å². The van der Waals surface area contributed by atoms with Crippen LogP contribution in [0.1, 0.15) is 26.3 Å². The summed E-state index contributed by atoms with van der Waals surface area (Å²) in [6.45, 7) is 6.69. The Balaban J connectivity index is 2.33. The van der Waals surface area contributed by atoms with Gasteiger partial charge in [-0.05, 0) is 35.4 Å². The van der Waals surface area contributed by atoms with Crippen LogP contribution in [0, 0.1) is 0 Å². The third kappa shape index (κ3) is 1.70. The number of likely N-dealkylation sites (N-methyl/N-ethyl adjacent to an activating group) is 1. The van der Waals surface area contributed by atoms with Gasteiger partial charge in [-0.3, -0.25) is 0 Å². The number of anilines is 1. The zero-order valence-corrected chi connectivity index (χ0v) is 12.6. The van der Waals surface area contributed by atoms with Gasteiger partial charge in [-0.25, -0.2) is 0 Å². The molecule has 0 aliphatic carbocycles. The van der Waals surface area contributed by atoms with Crippen LogP contribution in [-0.4, -0.2) is 7.05 Å². The molecule has 20 heavy (non-hydrogen) atoms. The maximum Gasteiger partial charge on any atom is 0.0454 e. The fourth-order valence-electron chi connectivity index (χ4n) is 3.38. The molecule has 0 radical (unpaired) electrons. The molecule has 0 unspecified atom stereocenters. The Kier molecular flexibility index (Phi) is 2.93. The van der Waals surface area contributed by atoms with Crippen molar-refractivity contribution >= 4 is 16.5 Å². The molecule has 1 nitrogen and oxygen atoms in total.